The van der Waals surface area contributed by atoms with E-state index >= 15 is 0 Å². The highest BCUT2D eigenvalue weighted by Gasteiger charge is 2.08. The molecular weight excluding hydrogens is 190 g/mol. The average molecular weight is 207 g/mol. The van der Waals surface area contributed by atoms with Crippen molar-refractivity contribution in [2.24, 2.45) is 4.99 Å². The Bertz CT molecular complexity index is 301. The SMILES string of the molecule is CC.Cc1ccc(C2=NCCS2)cc1. The van der Waals surface area contributed by atoms with E-state index in [9.17, 15) is 0 Å². The van der Waals surface area contributed by atoms with Crippen molar-refractivity contribution in [2.75, 3.05) is 12.3 Å². The van der Waals surface area contributed by atoms with Gasteiger partial charge in [-0.25, -0.2) is 0 Å². The molecule has 0 bridgehead atoms. The van der Waals surface area contributed by atoms with Crippen molar-refractivity contribution in [3.63, 3.8) is 0 Å². The van der Waals surface area contributed by atoms with Crippen molar-refractivity contribution in [3.05, 3.63) is 35.4 Å². The van der Waals surface area contributed by atoms with Crippen molar-refractivity contribution in [1.82, 2.24) is 0 Å². The molecule has 0 N–H and O–H groups in total. The molecule has 0 radical (unpaired) electrons. The Morgan fingerprint density at radius 2 is 1.79 bits per heavy atom. The molecule has 0 spiro atoms. The molecule has 2 heteroatoms. The highest BCUT2D eigenvalue weighted by molar-refractivity contribution is 8.14. The number of hydrogen-bond acceptors (Lipinski definition) is 2. The maximum Gasteiger partial charge on any atom is 0.0977 e. The third kappa shape index (κ3) is 2.88. The van der Waals surface area contributed by atoms with Gasteiger partial charge in [-0.15, -0.1) is 11.8 Å². The highest BCUT2D eigenvalue weighted by Crippen LogP contribution is 2.18. The summed E-state index contributed by atoms with van der Waals surface area (Å²) in [6.07, 6.45) is 0. The molecule has 0 saturated carbocycles. The summed E-state index contributed by atoms with van der Waals surface area (Å²) in [6.45, 7) is 7.08. The standard InChI is InChI=1S/C10H11NS.C2H6/c1-8-2-4-9(5-3-8)10-11-6-7-12-10;1-2/h2-5H,6-7H2,1H3;1-2H3. The fourth-order valence-corrected chi connectivity index (χ4v) is 2.07. The number of thioether (sulfide) groups is 1. The van der Waals surface area contributed by atoms with Crippen LogP contribution in [0.3, 0.4) is 0 Å². The van der Waals surface area contributed by atoms with Gasteiger partial charge in [-0.05, 0) is 6.92 Å². The quantitative estimate of drug-likeness (QED) is 0.686. The van der Waals surface area contributed by atoms with Gasteiger partial charge in [0, 0.05) is 17.9 Å². The van der Waals surface area contributed by atoms with E-state index in [-0.39, 0.29) is 0 Å². The third-order valence-corrected chi connectivity index (χ3v) is 2.91. The molecule has 2 rings (SSSR count). The van der Waals surface area contributed by atoms with Crippen LogP contribution in [-0.4, -0.2) is 17.3 Å². The van der Waals surface area contributed by atoms with Crippen LogP contribution in [-0.2, 0) is 0 Å². The maximum absolute atomic E-state index is 4.42. The van der Waals surface area contributed by atoms with Gasteiger partial charge in [0.2, 0.25) is 0 Å². The molecule has 1 aromatic carbocycles. The Labute approximate surface area is 90.6 Å². The number of hydrogen-bond donors (Lipinski definition) is 0. The molecule has 0 aliphatic carbocycles. The zero-order valence-electron chi connectivity index (χ0n) is 9.08. The Morgan fingerprint density at radius 3 is 2.29 bits per heavy atom. The Balaban J connectivity index is 0.000000461. The van der Waals surface area contributed by atoms with Gasteiger partial charge >= 0.3 is 0 Å². The van der Waals surface area contributed by atoms with Crippen LogP contribution in [0.5, 0.6) is 0 Å². The molecule has 1 heterocycles. The first-order valence-electron chi connectivity index (χ1n) is 5.10. The molecule has 1 aromatic rings. The van der Waals surface area contributed by atoms with Gasteiger partial charge in [-0.1, -0.05) is 43.7 Å². The summed E-state index contributed by atoms with van der Waals surface area (Å²) in [6, 6.07) is 8.56. The molecule has 0 atom stereocenters. The molecule has 0 fully saturated rings. The van der Waals surface area contributed by atoms with Crippen molar-refractivity contribution in [2.45, 2.75) is 20.8 Å². The fraction of sp³-hybridized carbons (Fsp3) is 0.417. The Hall–Kier alpha value is -0.760. The molecule has 0 saturated heterocycles. The first-order valence-corrected chi connectivity index (χ1v) is 6.09. The van der Waals surface area contributed by atoms with Gasteiger partial charge in [0.25, 0.3) is 0 Å². The van der Waals surface area contributed by atoms with Gasteiger partial charge in [0.05, 0.1) is 5.04 Å². The summed E-state index contributed by atoms with van der Waals surface area (Å²) in [5.41, 5.74) is 2.57. The summed E-state index contributed by atoms with van der Waals surface area (Å²) in [5, 5.41) is 1.20. The normalized spacial score (nSPS) is 14.4. The van der Waals surface area contributed by atoms with Crippen LogP contribution < -0.4 is 0 Å². The zero-order valence-corrected chi connectivity index (χ0v) is 9.90. The van der Waals surface area contributed by atoms with Crippen LogP contribution in [0.25, 0.3) is 0 Å². The molecule has 0 unspecified atom stereocenters. The summed E-state index contributed by atoms with van der Waals surface area (Å²) in [4.78, 5) is 4.42. The first kappa shape index (κ1) is 11.3. The largest absolute Gasteiger partial charge is 0.277 e. The molecule has 0 aromatic heterocycles. The summed E-state index contributed by atoms with van der Waals surface area (Å²) < 4.78 is 0. The number of rotatable bonds is 1. The Kier molecular flexibility index (Phi) is 4.74. The monoisotopic (exact) mass is 207 g/mol. The maximum atomic E-state index is 4.42. The molecule has 76 valence electrons. The molecule has 1 aliphatic heterocycles. The van der Waals surface area contributed by atoms with Crippen molar-refractivity contribution < 1.29 is 0 Å². The topological polar surface area (TPSA) is 12.4 Å². The van der Waals surface area contributed by atoms with Crippen LogP contribution >= 0.6 is 11.8 Å². The van der Waals surface area contributed by atoms with Gasteiger partial charge in [0.15, 0.2) is 0 Å². The van der Waals surface area contributed by atoms with Crippen LogP contribution in [0, 0.1) is 6.92 Å². The molecule has 1 aliphatic rings. The first-order chi connectivity index (χ1) is 6.86. The fourth-order valence-electron chi connectivity index (χ4n) is 1.21. The predicted octanol–water partition coefficient (Wildman–Crippen LogP) is 3.51. The van der Waals surface area contributed by atoms with Gasteiger partial charge < -0.3 is 0 Å². The van der Waals surface area contributed by atoms with Crippen LogP contribution in [0.2, 0.25) is 0 Å². The van der Waals surface area contributed by atoms with E-state index in [2.05, 4.69) is 36.2 Å². The van der Waals surface area contributed by atoms with Crippen LogP contribution in [0.4, 0.5) is 0 Å². The van der Waals surface area contributed by atoms with E-state index in [4.69, 9.17) is 0 Å². The lowest BCUT2D eigenvalue weighted by atomic mass is 10.2. The second-order valence-electron chi connectivity index (χ2n) is 2.90. The minimum atomic E-state index is 0.980. The summed E-state index contributed by atoms with van der Waals surface area (Å²) in [5.74, 6) is 1.14. The van der Waals surface area contributed by atoms with E-state index in [0.29, 0.717) is 0 Å². The molecular formula is C12H17NS. The Morgan fingerprint density at radius 1 is 1.14 bits per heavy atom. The number of benzene rings is 1. The minimum Gasteiger partial charge on any atom is -0.277 e. The minimum absolute atomic E-state index is 0.980. The van der Waals surface area contributed by atoms with E-state index in [1.807, 2.05) is 25.6 Å². The van der Waals surface area contributed by atoms with Crippen molar-refractivity contribution in [3.8, 4) is 0 Å². The van der Waals surface area contributed by atoms with E-state index < -0.39 is 0 Å². The van der Waals surface area contributed by atoms with Crippen LogP contribution in [0.15, 0.2) is 29.3 Å². The second kappa shape index (κ2) is 5.86. The van der Waals surface area contributed by atoms with E-state index in [1.165, 1.54) is 16.2 Å². The molecule has 1 nitrogen and oxygen atoms in total. The van der Waals surface area contributed by atoms with Gasteiger partial charge in [-0.3, -0.25) is 4.99 Å². The second-order valence-corrected chi connectivity index (χ2v) is 3.98. The average Bonchev–Trinajstić information content (AvgIpc) is 2.75. The van der Waals surface area contributed by atoms with Gasteiger partial charge in [-0.2, -0.15) is 0 Å². The predicted molar refractivity (Wildman–Crippen MR) is 66.4 cm³/mol. The van der Waals surface area contributed by atoms with Crippen molar-refractivity contribution >= 4 is 16.8 Å². The lowest BCUT2D eigenvalue weighted by Gasteiger charge is -1.99. The lowest BCUT2D eigenvalue weighted by Crippen LogP contribution is -1.90. The summed E-state index contributed by atoms with van der Waals surface area (Å²) >= 11 is 1.85. The molecule has 14 heavy (non-hydrogen) atoms. The van der Waals surface area contributed by atoms with Gasteiger partial charge in [0.1, 0.15) is 0 Å². The number of nitrogens with zero attached hydrogens (tertiary/aromatic N) is 1. The van der Waals surface area contributed by atoms with Crippen molar-refractivity contribution in [1.29, 1.82) is 0 Å². The zero-order chi connectivity index (χ0) is 10.4. The third-order valence-electron chi connectivity index (χ3n) is 1.88. The number of aliphatic imine (C=N–C) groups is 1. The highest BCUT2D eigenvalue weighted by atomic mass is 32.2. The summed E-state index contributed by atoms with van der Waals surface area (Å²) in [7, 11) is 0. The number of aryl methyl sites for hydroxylation is 1. The van der Waals surface area contributed by atoms with E-state index in [1.54, 1.807) is 0 Å². The van der Waals surface area contributed by atoms with E-state index in [0.717, 1.165) is 12.3 Å². The lowest BCUT2D eigenvalue weighted by molar-refractivity contribution is 1.17. The van der Waals surface area contributed by atoms with Crippen LogP contribution in [0.1, 0.15) is 25.0 Å². The smallest absolute Gasteiger partial charge is 0.0977 e. The molecule has 0 amide bonds.